The van der Waals surface area contributed by atoms with Crippen molar-refractivity contribution >= 4 is 11.7 Å². The van der Waals surface area contributed by atoms with Crippen molar-refractivity contribution in [2.24, 2.45) is 5.41 Å². The first-order valence-corrected chi connectivity index (χ1v) is 9.34. The lowest BCUT2D eigenvalue weighted by molar-refractivity contribution is -0.170. The SMILES string of the molecule is CCO[C@H]1C[C@@H](N(C)C(=O)c2cn3cccnc3n2)C12CCCCC2. The zero-order chi connectivity index (χ0) is 17.4. The molecule has 4 rings (SSSR count). The summed E-state index contributed by atoms with van der Waals surface area (Å²) in [6.45, 7) is 2.80. The molecule has 0 saturated heterocycles. The van der Waals surface area contributed by atoms with Crippen molar-refractivity contribution in [2.75, 3.05) is 13.7 Å². The van der Waals surface area contributed by atoms with E-state index < -0.39 is 0 Å². The number of ether oxygens (including phenoxy) is 1. The van der Waals surface area contributed by atoms with E-state index in [1.165, 1.54) is 19.3 Å². The summed E-state index contributed by atoms with van der Waals surface area (Å²) in [4.78, 5) is 23.5. The van der Waals surface area contributed by atoms with Gasteiger partial charge < -0.3 is 9.64 Å². The highest BCUT2D eigenvalue weighted by Crippen LogP contribution is 2.55. The largest absolute Gasteiger partial charge is 0.378 e. The Morgan fingerprint density at radius 3 is 2.92 bits per heavy atom. The lowest BCUT2D eigenvalue weighted by atomic mass is 9.54. The first-order valence-electron chi connectivity index (χ1n) is 9.34. The quantitative estimate of drug-likeness (QED) is 0.857. The van der Waals surface area contributed by atoms with E-state index in [0.29, 0.717) is 17.6 Å². The highest BCUT2D eigenvalue weighted by atomic mass is 16.5. The number of imidazole rings is 1. The van der Waals surface area contributed by atoms with Gasteiger partial charge in [0.1, 0.15) is 5.69 Å². The molecule has 0 unspecified atom stereocenters. The van der Waals surface area contributed by atoms with Gasteiger partial charge in [0, 0.05) is 43.7 Å². The smallest absolute Gasteiger partial charge is 0.274 e. The zero-order valence-corrected chi connectivity index (χ0v) is 15.0. The van der Waals surface area contributed by atoms with E-state index in [2.05, 4.69) is 16.9 Å². The average molecular weight is 342 g/mol. The Morgan fingerprint density at radius 2 is 2.20 bits per heavy atom. The molecule has 2 heterocycles. The van der Waals surface area contributed by atoms with Gasteiger partial charge in [0.15, 0.2) is 0 Å². The van der Waals surface area contributed by atoms with E-state index in [1.54, 1.807) is 16.8 Å². The van der Waals surface area contributed by atoms with Crippen LogP contribution in [0.5, 0.6) is 0 Å². The number of nitrogens with zero attached hydrogens (tertiary/aromatic N) is 4. The minimum atomic E-state index is -0.0182. The van der Waals surface area contributed by atoms with Gasteiger partial charge in [0.25, 0.3) is 5.91 Å². The van der Waals surface area contributed by atoms with Gasteiger partial charge in [-0.3, -0.25) is 9.20 Å². The third kappa shape index (κ3) is 2.63. The lowest BCUT2D eigenvalue weighted by Crippen LogP contribution is -2.65. The van der Waals surface area contributed by atoms with Gasteiger partial charge in [0.05, 0.1) is 6.10 Å². The van der Waals surface area contributed by atoms with E-state index in [-0.39, 0.29) is 17.4 Å². The van der Waals surface area contributed by atoms with E-state index in [4.69, 9.17) is 4.74 Å². The highest BCUT2D eigenvalue weighted by Gasteiger charge is 2.57. The summed E-state index contributed by atoms with van der Waals surface area (Å²) in [5.74, 6) is 0.544. The van der Waals surface area contributed by atoms with Crippen molar-refractivity contribution in [1.82, 2.24) is 19.3 Å². The summed E-state index contributed by atoms with van der Waals surface area (Å²) >= 11 is 0. The van der Waals surface area contributed by atoms with E-state index in [9.17, 15) is 4.79 Å². The topological polar surface area (TPSA) is 59.7 Å². The lowest BCUT2D eigenvalue weighted by Gasteiger charge is -2.60. The molecule has 2 aromatic heterocycles. The molecule has 0 aliphatic heterocycles. The summed E-state index contributed by atoms with van der Waals surface area (Å²) in [5.41, 5.74) is 0.600. The summed E-state index contributed by atoms with van der Waals surface area (Å²) in [5, 5.41) is 0. The maximum Gasteiger partial charge on any atom is 0.274 e. The van der Waals surface area contributed by atoms with Gasteiger partial charge in [-0.2, -0.15) is 0 Å². The Kier molecular flexibility index (Phi) is 4.23. The molecule has 2 aliphatic carbocycles. The highest BCUT2D eigenvalue weighted by molar-refractivity contribution is 5.93. The molecule has 2 saturated carbocycles. The average Bonchev–Trinajstić information content (AvgIpc) is 3.08. The second kappa shape index (κ2) is 6.41. The molecule has 0 aromatic carbocycles. The monoisotopic (exact) mass is 342 g/mol. The minimum absolute atomic E-state index is 0.0182. The van der Waals surface area contributed by atoms with Crippen molar-refractivity contribution in [1.29, 1.82) is 0 Å². The van der Waals surface area contributed by atoms with E-state index in [1.807, 2.05) is 24.2 Å². The number of fused-ring (bicyclic) bond motifs is 1. The van der Waals surface area contributed by atoms with Gasteiger partial charge in [-0.15, -0.1) is 0 Å². The predicted molar refractivity (Wildman–Crippen MR) is 94.4 cm³/mol. The number of aromatic nitrogens is 3. The van der Waals surface area contributed by atoms with Crippen LogP contribution in [0.25, 0.3) is 5.78 Å². The molecule has 6 heteroatoms. The van der Waals surface area contributed by atoms with Crippen LogP contribution in [0.2, 0.25) is 0 Å². The summed E-state index contributed by atoms with van der Waals surface area (Å²) in [7, 11) is 1.92. The molecular formula is C19H26N4O2. The third-order valence-electron chi connectivity index (χ3n) is 6.14. The maximum atomic E-state index is 13.0. The molecule has 2 fully saturated rings. The molecule has 2 aliphatic rings. The molecule has 1 amide bonds. The summed E-state index contributed by atoms with van der Waals surface area (Å²) in [6, 6.07) is 2.08. The predicted octanol–water partition coefficient (Wildman–Crippen LogP) is 2.93. The van der Waals surface area contributed by atoms with Crippen LogP contribution in [0.4, 0.5) is 0 Å². The van der Waals surface area contributed by atoms with Crippen LogP contribution in [0.15, 0.2) is 24.7 Å². The van der Waals surface area contributed by atoms with Crippen LogP contribution in [-0.4, -0.2) is 51.0 Å². The van der Waals surface area contributed by atoms with Crippen LogP contribution < -0.4 is 0 Å². The summed E-state index contributed by atoms with van der Waals surface area (Å²) in [6.07, 6.45) is 12.6. The standard InChI is InChI=1S/C19H26N4O2/c1-3-25-16-12-15(19(16)8-5-4-6-9-19)22(2)17(24)14-13-23-11-7-10-20-18(23)21-14/h7,10-11,13,15-16H,3-6,8-9,12H2,1-2H3/t15-,16+/m1/s1. The molecule has 0 bridgehead atoms. The maximum absolute atomic E-state index is 13.0. The Bertz CT molecular complexity index is 733. The van der Waals surface area contributed by atoms with Crippen LogP contribution >= 0.6 is 0 Å². The number of amides is 1. The fourth-order valence-electron chi connectivity index (χ4n) is 4.83. The second-order valence-corrected chi connectivity index (χ2v) is 7.36. The van der Waals surface area contributed by atoms with E-state index >= 15 is 0 Å². The van der Waals surface area contributed by atoms with Crippen molar-refractivity contribution in [3.63, 3.8) is 0 Å². The number of rotatable bonds is 4. The molecule has 2 atom stereocenters. The molecule has 2 aromatic rings. The molecule has 25 heavy (non-hydrogen) atoms. The van der Waals surface area contributed by atoms with Crippen molar-refractivity contribution in [2.45, 2.75) is 57.6 Å². The van der Waals surface area contributed by atoms with Gasteiger partial charge in [-0.1, -0.05) is 19.3 Å². The van der Waals surface area contributed by atoms with Crippen molar-refractivity contribution in [3.05, 3.63) is 30.4 Å². The Hall–Kier alpha value is -1.95. The fraction of sp³-hybridized carbons (Fsp3) is 0.632. The van der Waals surface area contributed by atoms with Crippen LogP contribution in [0.1, 0.15) is 55.9 Å². The normalized spacial score (nSPS) is 25.0. The minimum Gasteiger partial charge on any atom is -0.378 e. The van der Waals surface area contributed by atoms with E-state index in [0.717, 1.165) is 25.9 Å². The first-order chi connectivity index (χ1) is 12.2. The number of hydrogen-bond donors (Lipinski definition) is 0. The van der Waals surface area contributed by atoms with Gasteiger partial charge >= 0.3 is 0 Å². The van der Waals surface area contributed by atoms with Crippen molar-refractivity contribution < 1.29 is 9.53 Å². The molecular weight excluding hydrogens is 316 g/mol. The Labute approximate surface area is 148 Å². The molecule has 0 radical (unpaired) electrons. The Balaban J connectivity index is 1.56. The molecule has 134 valence electrons. The van der Waals surface area contributed by atoms with Crippen LogP contribution in [-0.2, 0) is 4.74 Å². The molecule has 1 spiro atoms. The summed E-state index contributed by atoms with van der Waals surface area (Å²) < 4.78 is 7.81. The van der Waals surface area contributed by atoms with Gasteiger partial charge in [-0.25, -0.2) is 9.97 Å². The molecule has 0 N–H and O–H groups in total. The Morgan fingerprint density at radius 1 is 1.40 bits per heavy atom. The van der Waals surface area contributed by atoms with Crippen LogP contribution in [0, 0.1) is 5.41 Å². The van der Waals surface area contributed by atoms with Crippen molar-refractivity contribution in [3.8, 4) is 0 Å². The fourth-order valence-corrected chi connectivity index (χ4v) is 4.83. The number of carbonyl (C=O) groups is 1. The second-order valence-electron chi connectivity index (χ2n) is 7.36. The first kappa shape index (κ1) is 16.5. The number of carbonyl (C=O) groups excluding carboxylic acids is 1. The molecule has 6 nitrogen and oxygen atoms in total. The number of hydrogen-bond acceptors (Lipinski definition) is 4. The zero-order valence-electron chi connectivity index (χ0n) is 15.0. The third-order valence-corrected chi connectivity index (χ3v) is 6.14. The van der Waals surface area contributed by atoms with Gasteiger partial charge in [0.2, 0.25) is 5.78 Å². The van der Waals surface area contributed by atoms with Gasteiger partial charge in [-0.05, 0) is 32.3 Å². The van der Waals surface area contributed by atoms with Crippen LogP contribution in [0.3, 0.4) is 0 Å².